The lowest BCUT2D eigenvalue weighted by molar-refractivity contribution is 0.0321. The van der Waals surface area contributed by atoms with Gasteiger partial charge in [-0.15, -0.1) is 23.7 Å². The van der Waals surface area contributed by atoms with Crippen LogP contribution in [0.15, 0.2) is 29.6 Å². The van der Waals surface area contributed by atoms with E-state index in [9.17, 15) is 4.79 Å². The van der Waals surface area contributed by atoms with E-state index in [1.54, 1.807) is 0 Å². The molecular formula is C23H32ClN5O3S. The fraction of sp³-hybridized carbons (Fsp3) is 0.565. The van der Waals surface area contributed by atoms with Crippen molar-refractivity contribution in [2.75, 3.05) is 80.8 Å². The van der Waals surface area contributed by atoms with E-state index in [1.165, 1.54) is 11.3 Å². The van der Waals surface area contributed by atoms with Gasteiger partial charge in [-0.25, -0.2) is 4.98 Å². The zero-order chi connectivity index (χ0) is 21.8. The normalized spacial score (nSPS) is 20.4. The number of rotatable bonds is 5. The molecule has 3 aliphatic rings. The number of hydrogen-bond acceptors (Lipinski definition) is 8. The molecule has 3 saturated heterocycles. The first-order valence-electron chi connectivity index (χ1n) is 11.5. The van der Waals surface area contributed by atoms with Gasteiger partial charge in [-0.1, -0.05) is 12.1 Å². The summed E-state index contributed by atoms with van der Waals surface area (Å²) in [6.45, 7) is 8.81. The number of carbonyl (C=O) groups excluding carboxylic acids is 1. The van der Waals surface area contributed by atoms with Gasteiger partial charge in [0, 0.05) is 63.9 Å². The van der Waals surface area contributed by atoms with E-state index >= 15 is 0 Å². The zero-order valence-electron chi connectivity index (χ0n) is 18.8. The minimum absolute atomic E-state index is 0. The van der Waals surface area contributed by atoms with Crippen LogP contribution in [-0.2, 0) is 9.47 Å². The zero-order valence-corrected chi connectivity index (χ0v) is 20.4. The lowest BCUT2D eigenvalue weighted by atomic mass is 10.1. The highest BCUT2D eigenvalue weighted by atomic mass is 35.5. The van der Waals surface area contributed by atoms with Gasteiger partial charge >= 0.3 is 0 Å². The summed E-state index contributed by atoms with van der Waals surface area (Å²) in [5.41, 5.74) is 2.39. The van der Waals surface area contributed by atoms with Crippen molar-refractivity contribution in [1.82, 2.24) is 9.88 Å². The highest BCUT2D eigenvalue weighted by Gasteiger charge is 2.26. The molecule has 3 fully saturated rings. The van der Waals surface area contributed by atoms with Gasteiger partial charge in [-0.2, -0.15) is 0 Å². The molecule has 0 unspecified atom stereocenters. The number of piperazine rings is 1. The molecule has 0 bridgehead atoms. The topological polar surface area (TPSA) is 70.2 Å². The molecule has 0 atom stereocenters. The molecule has 0 radical (unpaired) electrons. The summed E-state index contributed by atoms with van der Waals surface area (Å²) in [5, 5.41) is 5.83. The van der Waals surface area contributed by atoms with Crippen LogP contribution in [0.5, 0.6) is 0 Å². The van der Waals surface area contributed by atoms with Crippen LogP contribution in [-0.4, -0.2) is 87.5 Å². The number of ether oxygens (including phenoxy) is 2. The molecule has 1 aromatic carbocycles. The van der Waals surface area contributed by atoms with Gasteiger partial charge < -0.3 is 24.6 Å². The number of aromatic nitrogens is 1. The number of nitrogens with one attached hydrogen (secondary N) is 1. The fourth-order valence-corrected chi connectivity index (χ4v) is 5.55. The van der Waals surface area contributed by atoms with Gasteiger partial charge in [0.15, 0.2) is 5.13 Å². The molecule has 10 heteroatoms. The standard InChI is InChI=1S/C23H31N5O3S.ClH/c29-22(20-17-32-23(25-20)28-11-15-31-16-12-28)24-19-3-1-2-4-21(19)27-9-7-26(8-10-27)18-5-13-30-14-6-18;/h1-4,17-18H,5-16H2,(H,24,29);1H. The number of amides is 1. The number of hydrogen-bond donors (Lipinski definition) is 1. The molecule has 180 valence electrons. The molecular weight excluding hydrogens is 462 g/mol. The van der Waals surface area contributed by atoms with Crippen LogP contribution < -0.4 is 15.1 Å². The molecule has 1 aromatic heterocycles. The Labute approximate surface area is 205 Å². The van der Waals surface area contributed by atoms with Crippen molar-refractivity contribution in [1.29, 1.82) is 0 Å². The molecule has 0 spiro atoms. The summed E-state index contributed by atoms with van der Waals surface area (Å²) < 4.78 is 10.9. The van der Waals surface area contributed by atoms with Crippen LogP contribution >= 0.6 is 23.7 Å². The summed E-state index contributed by atoms with van der Waals surface area (Å²) in [7, 11) is 0. The molecule has 1 amide bonds. The smallest absolute Gasteiger partial charge is 0.275 e. The average molecular weight is 494 g/mol. The third-order valence-electron chi connectivity index (χ3n) is 6.52. The van der Waals surface area contributed by atoms with Crippen molar-refractivity contribution >= 4 is 46.2 Å². The molecule has 5 rings (SSSR count). The molecule has 0 aliphatic carbocycles. The van der Waals surface area contributed by atoms with Gasteiger partial charge in [0.2, 0.25) is 0 Å². The summed E-state index contributed by atoms with van der Waals surface area (Å²) in [5.74, 6) is -0.158. The first-order valence-corrected chi connectivity index (χ1v) is 12.4. The fourth-order valence-electron chi connectivity index (χ4n) is 4.69. The van der Waals surface area contributed by atoms with E-state index in [4.69, 9.17) is 9.47 Å². The first kappa shape index (κ1) is 24.2. The Balaban J connectivity index is 0.00000259. The van der Waals surface area contributed by atoms with Crippen LogP contribution in [0.3, 0.4) is 0 Å². The number of carbonyl (C=O) groups is 1. The first-order chi connectivity index (χ1) is 15.8. The minimum atomic E-state index is -0.158. The maximum absolute atomic E-state index is 13.0. The van der Waals surface area contributed by atoms with Crippen molar-refractivity contribution < 1.29 is 14.3 Å². The van der Waals surface area contributed by atoms with E-state index in [0.29, 0.717) is 24.9 Å². The van der Waals surface area contributed by atoms with Crippen molar-refractivity contribution in [2.45, 2.75) is 18.9 Å². The summed E-state index contributed by atoms with van der Waals surface area (Å²) in [6, 6.07) is 8.73. The Bertz CT molecular complexity index is 909. The van der Waals surface area contributed by atoms with Crippen LogP contribution in [0.25, 0.3) is 0 Å². The van der Waals surface area contributed by atoms with Crippen LogP contribution in [0.2, 0.25) is 0 Å². The Morgan fingerprint density at radius 3 is 2.39 bits per heavy atom. The van der Waals surface area contributed by atoms with Crippen molar-refractivity contribution in [3.63, 3.8) is 0 Å². The van der Waals surface area contributed by atoms with Crippen molar-refractivity contribution in [3.05, 3.63) is 35.3 Å². The van der Waals surface area contributed by atoms with Crippen molar-refractivity contribution in [2.24, 2.45) is 0 Å². The summed E-state index contributed by atoms with van der Waals surface area (Å²) >= 11 is 1.51. The molecule has 1 N–H and O–H groups in total. The van der Waals surface area contributed by atoms with Gasteiger partial charge in [-0.05, 0) is 25.0 Å². The number of thiazole rings is 1. The van der Waals surface area contributed by atoms with E-state index in [-0.39, 0.29) is 18.3 Å². The molecule has 8 nitrogen and oxygen atoms in total. The monoisotopic (exact) mass is 493 g/mol. The minimum Gasteiger partial charge on any atom is -0.381 e. The van der Waals surface area contributed by atoms with Gasteiger partial charge in [0.05, 0.1) is 24.6 Å². The molecule has 0 saturated carbocycles. The highest BCUT2D eigenvalue weighted by molar-refractivity contribution is 7.14. The average Bonchev–Trinajstić information content (AvgIpc) is 3.36. The predicted molar refractivity (Wildman–Crippen MR) is 134 cm³/mol. The van der Waals surface area contributed by atoms with Gasteiger partial charge in [0.25, 0.3) is 5.91 Å². The quantitative estimate of drug-likeness (QED) is 0.686. The van der Waals surface area contributed by atoms with E-state index < -0.39 is 0 Å². The van der Waals surface area contributed by atoms with E-state index in [0.717, 1.165) is 81.8 Å². The number of anilines is 3. The third-order valence-corrected chi connectivity index (χ3v) is 7.42. The molecule has 33 heavy (non-hydrogen) atoms. The Morgan fingerprint density at radius 1 is 0.939 bits per heavy atom. The third kappa shape index (κ3) is 5.78. The van der Waals surface area contributed by atoms with Gasteiger partial charge in [-0.3, -0.25) is 9.69 Å². The number of morpholine rings is 1. The van der Waals surface area contributed by atoms with E-state index in [2.05, 4.69) is 31.1 Å². The second kappa shape index (κ2) is 11.5. The number of benzene rings is 1. The maximum atomic E-state index is 13.0. The summed E-state index contributed by atoms with van der Waals surface area (Å²) in [6.07, 6.45) is 2.26. The van der Waals surface area contributed by atoms with E-state index in [1.807, 2.05) is 23.6 Å². The largest absolute Gasteiger partial charge is 0.381 e. The predicted octanol–water partition coefficient (Wildman–Crippen LogP) is 2.95. The number of para-hydroxylation sites is 2. The van der Waals surface area contributed by atoms with Crippen LogP contribution in [0.4, 0.5) is 16.5 Å². The Kier molecular flexibility index (Phi) is 8.43. The number of halogens is 1. The van der Waals surface area contributed by atoms with Crippen LogP contribution in [0.1, 0.15) is 23.3 Å². The van der Waals surface area contributed by atoms with Gasteiger partial charge in [0.1, 0.15) is 5.69 Å². The summed E-state index contributed by atoms with van der Waals surface area (Å²) in [4.78, 5) is 24.7. The number of nitrogens with zero attached hydrogens (tertiary/aromatic N) is 4. The SMILES string of the molecule is Cl.O=C(Nc1ccccc1N1CCN(C2CCOCC2)CC1)c1csc(N2CCOCC2)n1. The van der Waals surface area contributed by atoms with Crippen molar-refractivity contribution in [3.8, 4) is 0 Å². The second-order valence-electron chi connectivity index (χ2n) is 8.45. The lowest BCUT2D eigenvalue weighted by Crippen LogP contribution is -2.51. The lowest BCUT2D eigenvalue weighted by Gasteiger charge is -2.41. The maximum Gasteiger partial charge on any atom is 0.275 e. The van der Waals surface area contributed by atoms with Crippen LogP contribution in [0, 0.1) is 0 Å². The molecule has 2 aromatic rings. The Hall–Kier alpha value is -1.91. The highest BCUT2D eigenvalue weighted by Crippen LogP contribution is 2.29. The molecule has 4 heterocycles. The Morgan fingerprint density at radius 2 is 1.64 bits per heavy atom. The second-order valence-corrected chi connectivity index (χ2v) is 9.29. The molecule has 3 aliphatic heterocycles.